The third-order valence-corrected chi connectivity index (χ3v) is 2.56. The summed E-state index contributed by atoms with van der Waals surface area (Å²) in [6.45, 7) is 3.64. The molecule has 0 unspecified atom stereocenters. The number of H-pyrrole nitrogens is 1. The van der Waals surface area contributed by atoms with Crippen molar-refractivity contribution in [3.8, 4) is 11.5 Å². The van der Waals surface area contributed by atoms with E-state index in [0.29, 0.717) is 17.2 Å². The van der Waals surface area contributed by atoms with E-state index in [0.717, 1.165) is 0 Å². The average Bonchev–Trinajstić information content (AvgIpc) is 2.93. The molecule has 1 aromatic heterocycles. The summed E-state index contributed by atoms with van der Waals surface area (Å²) in [7, 11) is 0. The van der Waals surface area contributed by atoms with Crippen LogP contribution in [0.5, 0.6) is 11.5 Å². The Labute approximate surface area is 108 Å². The lowest BCUT2D eigenvalue weighted by Gasteiger charge is -2.16. The van der Waals surface area contributed by atoms with Gasteiger partial charge in [-0.15, -0.1) is 0 Å². The fourth-order valence-electron chi connectivity index (χ4n) is 1.81. The number of ether oxygens (including phenoxy) is 2. The summed E-state index contributed by atoms with van der Waals surface area (Å²) >= 11 is 0. The average molecular weight is 260 g/mol. The van der Waals surface area contributed by atoms with Gasteiger partial charge in [-0.1, -0.05) is 0 Å². The SMILES string of the molecule is CC1(C)Oc2ccc(NC(=O)c3cn[nH]n3)cc2O1. The molecule has 0 spiro atoms. The smallest absolute Gasteiger partial charge is 0.277 e. The normalized spacial score (nSPS) is 15.3. The van der Waals surface area contributed by atoms with E-state index < -0.39 is 5.79 Å². The van der Waals surface area contributed by atoms with Crippen molar-refractivity contribution >= 4 is 11.6 Å². The number of nitrogens with one attached hydrogen (secondary N) is 2. The number of carbonyl (C=O) groups excluding carboxylic acids is 1. The van der Waals surface area contributed by atoms with Crippen LogP contribution in [0.1, 0.15) is 24.3 Å². The monoisotopic (exact) mass is 260 g/mol. The van der Waals surface area contributed by atoms with E-state index in [1.165, 1.54) is 6.20 Å². The van der Waals surface area contributed by atoms with Crippen LogP contribution < -0.4 is 14.8 Å². The van der Waals surface area contributed by atoms with Crippen molar-refractivity contribution in [2.75, 3.05) is 5.32 Å². The van der Waals surface area contributed by atoms with E-state index in [2.05, 4.69) is 20.7 Å². The standard InChI is InChI=1S/C12H12N4O3/c1-12(2)18-9-4-3-7(5-10(9)19-12)14-11(17)8-6-13-16-15-8/h3-6H,1-2H3,(H,14,17)(H,13,15,16). The first-order chi connectivity index (χ1) is 9.03. The molecule has 0 fully saturated rings. The Morgan fingerprint density at radius 3 is 2.84 bits per heavy atom. The summed E-state index contributed by atoms with van der Waals surface area (Å²) in [5.74, 6) is 0.233. The minimum Gasteiger partial charge on any atom is -0.449 e. The molecule has 7 nitrogen and oxygen atoms in total. The molecule has 2 aromatic rings. The van der Waals surface area contributed by atoms with Gasteiger partial charge in [0.05, 0.1) is 6.20 Å². The molecule has 0 atom stereocenters. The molecule has 0 radical (unpaired) electrons. The molecule has 0 aliphatic carbocycles. The Morgan fingerprint density at radius 2 is 2.11 bits per heavy atom. The topological polar surface area (TPSA) is 89.1 Å². The Morgan fingerprint density at radius 1 is 1.32 bits per heavy atom. The summed E-state index contributed by atoms with van der Waals surface area (Å²) in [5, 5.41) is 12.4. The zero-order chi connectivity index (χ0) is 13.5. The van der Waals surface area contributed by atoms with Gasteiger partial charge in [-0.05, 0) is 12.1 Å². The minimum atomic E-state index is -0.683. The second kappa shape index (κ2) is 3.98. The van der Waals surface area contributed by atoms with Crippen molar-refractivity contribution < 1.29 is 14.3 Å². The van der Waals surface area contributed by atoms with E-state index in [1.807, 2.05) is 13.8 Å². The Hall–Kier alpha value is -2.57. The molecule has 0 saturated carbocycles. The van der Waals surface area contributed by atoms with E-state index in [-0.39, 0.29) is 11.6 Å². The van der Waals surface area contributed by atoms with Gasteiger partial charge >= 0.3 is 0 Å². The van der Waals surface area contributed by atoms with E-state index >= 15 is 0 Å². The predicted molar refractivity (Wildman–Crippen MR) is 66.1 cm³/mol. The zero-order valence-corrected chi connectivity index (χ0v) is 10.4. The van der Waals surface area contributed by atoms with Crippen molar-refractivity contribution in [3.05, 3.63) is 30.1 Å². The Balaban J connectivity index is 1.79. The van der Waals surface area contributed by atoms with E-state index in [1.54, 1.807) is 18.2 Å². The summed E-state index contributed by atoms with van der Waals surface area (Å²) in [5.41, 5.74) is 0.825. The maximum atomic E-state index is 11.8. The highest BCUT2D eigenvalue weighted by Crippen LogP contribution is 2.40. The molecular formula is C12H12N4O3. The fraction of sp³-hybridized carbons (Fsp3) is 0.250. The lowest BCUT2D eigenvalue weighted by molar-refractivity contribution is -0.0431. The lowest BCUT2D eigenvalue weighted by Crippen LogP contribution is -2.29. The van der Waals surface area contributed by atoms with Gasteiger partial charge in [0.2, 0.25) is 5.79 Å². The van der Waals surface area contributed by atoms with Crippen molar-refractivity contribution in [1.29, 1.82) is 0 Å². The van der Waals surface area contributed by atoms with Crippen LogP contribution in [0.15, 0.2) is 24.4 Å². The lowest BCUT2D eigenvalue weighted by atomic mass is 10.2. The van der Waals surface area contributed by atoms with Gasteiger partial charge < -0.3 is 14.8 Å². The van der Waals surface area contributed by atoms with Crippen LogP contribution >= 0.6 is 0 Å². The molecular weight excluding hydrogens is 248 g/mol. The van der Waals surface area contributed by atoms with E-state index in [9.17, 15) is 4.79 Å². The molecule has 7 heteroatoms. The Bertz CT molecular complexity index is 622. The summed E-state index contributed by atoms with van der Waals surface area (Å²) in [4.78, 5) is 11.8. The van der Waals surface area contributed by atoms with Crippen molar-refractivity contribution in [2.24, 2.45) is 0 Å². The molecule has 2 heterocycles. The number of rotatable bonds is 2. The zero-order valence-electron chi connectivity index (χ0n) is 10.4. The third-order valence-electron chi connectivity index (χ3n) is 2.56. The quantitative estimate of drug-likeness (QED) is 0.855. The number of aromatic amines is 1. The number of nitrogens with zero attached hydrogens (tertiary/aromatic N) is 2. The van der Waals surface area contributed by atoms with Gasteiger partial charge in [0, 0.05) is 25.6 Å². The van der Waals surface area contributed by atoms with Crippen molar-refractivity contribution in [1.82, 2.24) is 15.4 Å². The molecule has 1 aliphatic rings. The fourth-order valence-corrected chi connectivity index (χ4v) is 1.81. The number of anilines is 1. The number of hydrogen-bond donors (Lipinski definition) is 2. The molecule has 1 aromatic carbocycles. The van der Waals surface area contributed by atoms with Crippen LogP contribution in [0.4, 0.5) is 5.69 Å². The second-order valence-electron chi connectivity index (χ2n) is 4.57. The molecule has 2 N–H and O–H groups in total. The summed E-state index contributed by atoms with van der Waals surface area (Å²) in [6, 6.07) is 5.20. The van der Waals surface area contributed by atoms with Crippen LogP contribution in [0.2, 0.25) is 0 Å². The van der Waals surface area contributed by atoms with Crippen LogP contribution in [-0.4, -0.2) is 27.1 Å². The highest BCUT2D eigenvalue weighted by molar-refractivity contribution is 6.02. The van der Waals surface area contributed by atoms with Gasteiger partial charge in [-0.2, -0.15) is 15.4 Å². The number of amides is 1. The van der Waals surface area contributed by atoms with E-state index in [4.69, 9.17) is 9.47 Å². The molecule has 98 valence electrons. The number of carbonyl (C=O) groups is 1. The van der Waals surface area contributed by atoms with Crippen LogP contribution in [0.25, 0.3) is 0 Å². The van der Waals surface area contributed by atoms with Crippen molar-refractivity contribution in [2.45, 2.75) is 19.6 Å². The first-order valence-corrected chi connectivity index (χ1v) is 5.73. The first-order valence-electron chi connectivity index (χ1n) is 5.73. The molecule has 0 saturated heterocycles. The maximum absolute atomic E-state index is 11.8. The van der Waals surface area contributed by atoms with Gasteiger partial charge in [0.15, 0.2) is 17.2 Å². The number of hydrogen-bond acceptors (Lipinski definition) is 5. The molecule has 19 heavy (non-hydrogen) atoms. The van der Waals surface area contributed by atoms with Crippen LogP contribution in [-0.2, 0) is 0 Å². The summed E-state index contributed by atoms with van der Waals surface area (Å²) < 4.78 is 11.2. The summed E-state index contributed by atoms with van der Waals surface area (Å²) in [6.07, 6.45) is 1.35. The Kier molecular flexibility index (Phi) is 2.41. The van der Waals surface area contributed by atoms with Crippen molar-refractivity contribution in [3.63, 3.8) is 0 Å². The second-order valence-corrected chi connectivity index (χ2v) is 4.57. The largest absolute Gasteiger partial charge is 0.449 e. The van der Waals surface area contributed by atoms with Gasteiger partial charge in [0.1, 0.15) is 0 Å². The van der Waals surface area contributed by atoms with Gasteiger partial charge in [-0.3, -0.25) is 4.79 Å². The minimum absolute atomic E-state index is 0.220. The number of fused-ring (bicyclic) bond motifs is 1. The third kappa shape index (κ3) is 2.22. The number of benzene rings is 1. The van der Waals surface area contributed by atoms with Crippen LogP contribution in [0.3, 0.4) is 0 Å². The molecule has 0 bridgehead atoms. The van der Waals surface area contributed by atoms with Gasteiger partial charge in [0.25, 0.3) is 5.91 Å². The van der Waals surface area contributed by atoms with Crippen LogP contribution in [0, 0.1) is 0 Å². The maximum Gasteiger partial charge on any atom is 0.277 e. The first kappa shape index (κ1) is 11.5. The van der Waals surface area contributed by atoms with Gasteiger partial charge in [-0.25, -0.2) is 0 Å². The number of aromatic nitrogens is 3. The highest BCUT2D eigenvalue weighted by atomic mass is 16.7. The molecule has 1 aliphatic heterocycles. The molecule has 3 rings (SSSR count). The highest BCUT2D eigenvalue weighted by Gasteiger charge is 2.31. The predicted octanol–water partition coefficient (Wildman–Crippen LogP) is 1.56. The molecule has 1 amide bonds.